The van der Waals surface area contributed by atoms with Crippen LogP contribution in [0.15, 0.2) is 0 Å². The molecule has 258 valence electrons. The molecule has 2 saturated heterocycles. The van der Waals surface area contributed by atoms with Crippen molar-refractivity contribution >= 4 is 20.8 Å². The van der Waals surface area contributed by atoms with Gasteiger partial charge in [-0.1, -0.05) is 0 Å². The second-order valence-electron chi connectivity index (χ2n) is 9.69. The maximum atomic E-state index is 10.9. The molecular weight excluding hydrogens is 640 g/mol. The lowest BCUT2D eigenvalue weighted by atomic mass is 9.84. The molecule has 1 saturated carbocycles. The molecule has 23 nitrogen and oxygen atoms in total. The third-order valence-electron chi connectivity index (χ3n) is 6.48. The van der Waals surface area contributed by atoms with Crippen molar-refractivity contribution < 1.29 is 89.7 Å². The predicted molar refractivity (Wildman–Crippen MR) is 136 cm³/mol. The minimum atomic E-state index is -4.67. The summed E-state index contributed by atoms with van der Waals surface area (Å²) in [5.74, 6) is 0. The molecule has 19 N–H and O–H groups in total. The Hall–Kier alpha value is -0.860. The van der Waals surface area contributed by atoms with Crippen LogP contribution in [0.2, 0.25) is 0 Å². The quantitative estimate of drug-likeness (QED) is 0.116. The molecule has 0 radical (unpaired) electrons. The second kappa shape index (κ2) is 16.6. The summed E-state index contributed by atoms with van der Waals surface area (Å²) < 4.78 is 85.4. The molecule has 2 heterocycles. The van der Waals surface area contributed by atoms with Crippen LogP contribution >= 0.6 is 0 Å². The fraction of sp³-hybridized carbons (Fsp3) is 1.00. The topological polar surface area (TPSA) is 432 Å². The molecule has 0 aromatic rings. The molecule has 1 aliphatic carbocycles. The number of ether oxygens (including phenoxy) is 4. The van der Waals surface area contributed by atoms with Gasteiger partial charge in [-0.2, -0.15) is 16.8 Å². The molecule has 0 spiro atoms. The van der Waals surface area contributed by atoms with Gasteiger partial charge >= 0.3 is 20.8 Å². The van der Waals surface area contributed by atoms with Crippen LogP contribution in [0.5, 0.6) is 0 Å². The van der Waals surface area contributed by atoms with Gasteiger partial charge < -0.3 is 77.6 Å². The van der Waals surface area contributed by atoms with E-state index in [-0.39, 0.29) is 13.0 Å². The van der Waals surface area contributed by atoms with Gasteiger partial charge in [0.1, 0.15) is 61.0 Å². The predicted octanol–water partition coefficient (Wildman–Crippen LogP) is -8.60. The van der Waals surface area contributed by atoms with Crippen molar-refractivity contribution in [2.45, 2.75) is 98.2 Å². The molecule has 3 fully saturated rings. The van der Waals surface area contributed by atoms with Crippen molar-refractivity contribution in [2.24, 2.45) is 22.9 Å². The molecule has 0 bridgehead atoms. The van der Waals surface area contributed by atoms with Crippen LogP contribution in [0.1, 0.15) is 6.42 Å². The van der Waals surface area contributed by atoms with E-state index < -0.39 is 119 Å². The van der Waals surface area contributed by atoms with Crippen molar-refractivity contribution in [2.75, 3.05) is 13.2 Å². The SMILES string of the molecule is NCC1OC(O[C@H]2[C@H](O)C(OC3OC(CO)[C@@H](O)C(N)C3O)[C@H](N)C[C@@H]2N)C(O)C(O)[C@@H]1O.O=S(=O)(O)O.O=S(=O)(O)O. The zero-order chi connectivity index (χ0) is 33.6. The number of aliphatic hydroxyl groups excluding tert-OH is 7. The van der Waals surface area contributed by atoms with Crippen molar-refractivity contribution in [3.63, 3.8) is 0 Å². The molecule has 0 aromatic heterocycles. The standard InChI is InChI=1S/C18H36N4O11.2H2O4S/c19-2-6-10(25)12(27)13(28)18(30-6)33-16-5(21)1-4(20)15(14(16)29)32-17-11(26)8(22)9(24)7(3-23)31-17;2*1-5(2,3)4/h4-18,23-29H,1-3,19-22H2;2*(H2,1,2,3,4)/t4-,5+,6?,7?,8?,9-,10-,11?,12?,13?,14-,15?,16-,17?,18?;;/m1../s1. The number of aliphatic hydroxyl groups is 7. The highest BCUT2D eigenvalue weighted by atomic mass is 32.3. The Balaban J connectivity index is 0.000000798. The van der Waals surface area contributed by atoms with Crippen LogP contribution in [0.25, 0.3) is 0 Å². The summed E-state index contributed by atoms with van der Waals surface area (Å²) in [7, 11) is -9.33. The van der Waals surface area contributed by atoms with Gasteiger partial charge in [-0.25, -0.2) is 0 Å². The summed E-state index contributed by atoms with van der Waals surface area (Å²) >= 11 is 0. The summed E-state index contributed by atoms with van der Waals surface area (Å²) in [5.41, 5.74) is 23.5. The minimum absolute atomic E-state index is 0.0849. The number of rotatable bonds is 6. The first-order valence-electron chi connectivity index (χ1n) is 12.2. The lowest BCUT2D eigenvalue weighted by molar-refractivity contribution is -0.332. The highest BCUT2D eigenvalue weighted by Gasteiger charge is 2.51. The van der Waals surface area contributed by atoms with E-state index in [4.69, 9.17) is 76.9 Å². The Morgan fingerprint density at radius 2 is 1.02 bits per heavy atom. The van der Waals surface area contributed by atoms with Crippen LogP contribution in [0.4, 0.5) is 0 Å². The summed E-state index contributed by atoms with van der Waals surface area (Å²) in [5, 5.41) is 70.9. The monoisotopic (exact) mass is 680 g/mol. The van der Waals surface area contributed by atoms with Crippen LogP contribution in [-0.2, 0) is 39.7 Å². The van der Waals surface area contributed by atoms with Gasteiger partial charge in [0.15, 0.2) is 12.6 Å². The molecule has 3 rings (SSSR count). The Morgan fingerprint density at radius 3 is 1.42 bits per heavy atom. The van der Waals surface area contributed by atoms with E-state index in [0.29, 0.717) is 0 Å². The second-order valence-corrected chi connectivity index (χ2v) is 11.5. The Labute approximate surface area is 245 Å². The van der Waals surface area contributed by atoms with Crippen LogP contribution in [-0.4, -0.2) is 176 Å². The van der Waals surface area contributed by atoms with Gasteiger partial charge in [0.2, 0.25) is 0 Å². The maximum Gasteiger partial charge on any atom is 0.394 e. The summed E-state index contributed by atoms with van der Waals surface area (Å²) in [6, 6.07) is -2.86. The largest absolute Gasteiger partial charge is 0.394 e. The third kappa shape index (κ3) is 12.5. The molecule has 2 aliphatic heterocycles. The van der Waals surface area contributed by atoms with Gasteiger partial charge in [-0.15, -0.1) is 0 Å². The first-order chi connectivity index (χ1) is 19.5. The summed E-state index contributed by atoms with van der Waals surface area (Å²) in [6.07, 6.45) is -16.5. The average Bonchev–Trinajstić information content (AvgIpc) is 2.86. The van der Waals surface area contributed by atoms with Gasteiger partial charge in [-0.05, 0) is 6.42 Å². The lowest BCUT2D eigenvalue weighted by Gasteiger charge is -2.48. The van der Waals surface area contributed by atoms with E-state index in [0.717, 1.165) is 0 Å². The highest BCUT2D eigenvalue weighted by Crippen LogP contribution is 2.31. The molecule has 43 heavy (non-hydrogen) atoms. The summed E-state index contributed by atoms with van der Waals surface area (Å²) in [4.78, 5) is 0. The Kier molecular flexibility index (Phi) is 15.5. The van der Waals surface area contributed by atoms with E-state index in [1.165, 1.54) is 0 Å². The van der Waals surface area contributed by atoms with E-state index in [1.807, 2.05) is 0 Å². The van der Waals surface area contributed by atoms with E-state index in [2.05, 4.69) is 0 Å². The smallest absolute Gasteiger partial charge is 0.394 e. The van der Waals surface area contributed by atoms with Crippen molar-refractivity contribution in [1.82, 2.24) is 0 Å². The molecule has 3 aliphatic rings. The van der Waals surface area contributed by atoms with Crippen molar-refractivity contribution in [3.05, 3.63) is 0 Å². The van der Waals surface area contributed by atoms with Gasteiger partial charge in [-0.3, -0.25) is 18.2 Å². The zero-order valence-corrected chi connectivity index (χ0v) is 23.7. The van der Waals surface area contributed by atoms with Crippen LogP contribution < -0.4 is 22.9 Å². The molecule has 25 heteroatoms. The molecular formula is C18H40N4O19S2. The fourth-order valence-electron chi connectivity index (χ4n) is 4.40. The first kappa shape index (κ1) is 40.2. The Bertz CT molecular complexity index is 958. The number of nitrogens with two attached hydrogens (primary N) is 4. The molecule has 0 aromatic carbocycles. The number of hydrogen-bond donors (Lipinski definition) is 15. The van der Waals surface area contributed by atoms with Gasteiger partial charge in [0.25, 0.3) is 0 Å². The maximum absolute atomic E-state index is 10.9. The van der Waals surface area contributed by atoms with Gasteiger partial charge in [0.05, 0.1) is 12.6 Å². The molecule has 0 amide bonds. The highest BCUT2D eigenvalue weighted by molar-refractivity contribution is 7.80. The van der Waals surface area contributed by atoms with E-state index in [1.54, 1.807) is 0 Å². The van der Waals surface area contributed by atoms with E-state index in [9.17, 15) is 35.7 Å². The van der Waals surface area contributed by atoms with E-state index >= 15 is 0 Å². The molecule has 9 unspecified atom stereocenters. The normalized spacial score (nSPS) is 43.9. The lowest BCUT2D eigenvalue weighted by Crippen LogP contribution is -2.68. The van der Waals surface area contributed by atoms with Crippen molar-refractivity contribution in [3.8, 4) is 0 Å². The third-order valence-corrected chi connectivity index (χ3v) is 6.48. The van der Waals surface area contributed by atoms with Gasteiger partial charge in [0, 0.05) is 18.6 Å². The van der Waals surface area contributed by atoms with Crippen LogP contribution in [0.3, 0.4) is 0 Å². The Morgan fingerprint density at radius 1 is 0.628 bits per heavy atom. The number of hydrogen-bond acceptors (Lipinski definition) is 19. The summed E-state index contributed by atoms with van der Waals surface area (Å²) in [6.45, 7) is -0.763. The minimum Gasteiger partial charge on any atom is -0.394 e. The fourth-order valence-corrected chi connectivity index (χ4v) is 4.40. The van der Waals surface area contributed by atoms with Crippen LogP contribution in [0, 0.1) is 0 Å². The first-order valence-corrected chi connectivity index (χ1v) is 15.0. The zero-order valence-electron chi connectivity index (χ0n) is 22.1. The van der Waals surface area contributed by atoms with Crippen molar-refractivity contribution in [1.29, 1.82) is 0 Å². The average molecular weight is 681 g/mol. The molecule has 15 atom stereocenters.